The summed E-state index contributed by atoms with van der Waals surface area (Å²) in [7, 11) is 1.54. The van der Waals surface area contributed by atoms with Crippen LogP contribution in [0.25, 0.3) is 0 Å². The maximum atomic E-state index is 14.0. The van der Waals surface area contributed by atoms with Crippen LogP contribution in [0.1, 0.15) is 57.2 Å². The Bertz CT molecular complexity index is 1240. The minimum absolute atomic E-state index is 0.285. The highest BCUT2D eigenvalue weighted by molar-refractivity contribution is 6.00. The summed E-state index contributed by atoms with van der Waals surface area (Å²) >= 11 is 0. The van der Waals surface area contributed by atoms with Crippen LogP contribution < -0.4 is 21.1 Å². The Labute approximate surface area is 228 Å². The zero-order valence-electron chi connectivity index (χ0n) is 22.5. The van der Waals surface area contributed by atoms with Gasteiger partial charge in [0.1, 0.15) is 23.4 Å². The molecule has 2 atom stereocenters. The Morgan fingerprint density at radius 2 is 1.69 bits per heavy atom. The first-order chi connectivity index (χ1) is 18.4. The normalized spacial score (nSPS) is 14.2. The van der Waals surface area contributed by atoms with E-state index in [-0.39, 0.29) is 6.04 Å². The van der Waals surface area contributed by atoms with Crippen LogP contribution >= 0.6 is 0 Å². The molecule has 2 aromatic carbocycles. The Morgan fingerprint density at radius 1 is 1.08 bits per heavy atom. The first kappa shape index (κ1) is 29.0. The molecule has 0 saturated heterocycles. The number of anilines is 1. The first-order valence-corrected chi connectivity index (χ1v) is 12.5. The van der Waals surface area contributed by atoms with Crippen LogP contribution in [0.15, 0.2) is 48.5 Å². The second-order valence-corrected chi connectivity index (χ2v) is 10.2. The third-order valence-electron chi connectivity index (χ3n) is 5.87. The van der Waals surface area contributed by atoms with E-state index < -0.39 is 47.9 Å². The fourth-order valence-corrected chi connectivity index (χ4v) is 3.99. The summed E-state index contributed by atoms with van der Waals surface area (Å²) in [6, 6.07) is 10.8. The van der Waals surface area contributed by atoms with E-state index in [0.29, 0.717) is 35.4 Å². The van der Waals surface area contributed by atoms with Gasteiger partial charge in [-0.05, 0) is 75.6 Å². The van der Waals surface area contributed by atoms with Gasteiger partial charge in [-0.25, -0.2) is 4.79 Å². The summed E-state index contributed by atoms with van der Waals surface area (Å²) < 4.78 is 10.5. The van der Waals surface area contributed by atoms with Crippen LogP contribution in [0.4, 0.5) is 10.5 Å². The molecule has 4 amide bonds. The number of terminal acetylenes is 1. The smallest absolute Gasteiger partial charge is 0.408 e. The molecule has 2 unspecified atom stereocenters. The molecule has 1 aliphatic rings. The van der Waals surface area contributed by atoms with E-state index in [2.05, 4.69) is 16.6 Å². The Balaban J connectivity index is 1.99. The summed E-state index contributed by atoms with van der Waals surface area (Å²) in [5.74, 6) is 1.25. The van der Waals surface area contributed by atoms with E-state index in [1.165, 1.54) is 12.0 Å². The number of nitrogens with one attached hydrogen (secondary N) is 2. The lowest BCUT2D eigenvalue weighted by molar-refractivity contribution is -0.142. The number of hydrogen-bond acceptors (Lipinski definition) is 6. The zero-order valence-corrected chi connectivity index (χ0v) is 22.5. The maximum Gasteiger partial charge on any atom is 0.408 e. The molecule has 1 fully saturated rings. The number of alkyl carbamates (subject to hydrolysis) is 1. The molecule has 1 saturated carbocycles. The van der Waals surface area contributed by atoms with Gasteiger partial charge in [-0.3, -0.25) is 14.4 Å². The lowest BCUT2D eigenvalue weighted by Crippen LogP contribution is -2.54. The highest BCUT2D eigenvalue weighted by Gasteiger charge is 2.44. The van der Waals surface area contributed by atoms with E-state index in [9.17, 15) is 19.2 Å². The Hall–Kier alpha value is -4.52. The van der Waals surface area contributed by atoms with Gasteiger partial charge in [0.25, 0.3) is 5.91 Å². The highest BCUT2D eigenvalue weighted by atomic mass is 16.6. The lowest BCUT2D eigenvalue weighted by Gasteiger charge is -2.34. The number of carbonyl (C=O) groups excluding carboxylic acids is 4. The van der Waals surface area contributed by atoms with Crippen molar-refractivity contribution in [3.8, 4) is 18.1 Å². The molecule has 10 nitrogen and oxygen atoms in total. The van der Waals surface area contributed by atoms with E-state index in [4.69, 9.17) is 21.6 Å². The monoisotopic (exact) mass is 534 g/mol. The number of benzene rings is 2. The van der Waals surface area contributed by atoms with Crippen molar-refractivity contribution >= 4 is 29.5 Å². The first-order valence-electron chi connectivity index (χ1n) is 12.5. The minimum Gasteiger partial charge on any atom is -0.497 e. The number of methoxy groups -OCH3 is 1. The quantitative estimate of drug-likeness (QED) is 0.400. The molecule has 3 rings (SSSR count). The van der Waals surface area contributed by atoms with Crippen LogP contribution in [-0.4, -0.2) is 53.5 Å². The summed E-state index contributed by atoms with van der Waals surface area (Å²) in [5, 5.41) is 5.33. The Morgan fingerprint density at radius 3 is 2.18 bits per heavy atom. The standard InChI is InChI=1S/C29H34N4O6/c1-6-18-7-9-19(10-8-18)25(26(35)31-20-11-15-22(38-5)16-12-20)33(21-13-14-21)27(36)23(17-24(30)34)32-28(37)39-29(2,3)4/h1,7-12,15-16,21,23,25H,13-14,17H2,2-5H3,(H2,30,34)(H,31,35)(H,32,37). The summed E-state index contributed by atoms with van der Waals surface area (Å²) in [6.07, 6.45) is 5.45. The maximum absolute atomic E-state index is 14.0. The van der Waals surface area contributed by atoms with Gasteiger partial charge in [-0.15, -0.1) is 6.42 Å². The molecule has 0 radical (unpaired) electrons. The fourth-order valence-electron chi connectivity index (χ4n) is 3.99. The van der Waals surface area contributed by atoms with Crippen molar-refractivity contribution in [1.29, 1.82) is 0 Å². The molecule has 0 bridgehead atoms. The van der Waals surface area contributed by atoms with Gasteiger partial charge in [-0.1, -0.05) is 18.1 Å². The number of nitrogens with zero attached hydrogens (tertiary/aromatic N) is 1. The number of rotatable bonds is 10. The molecule has 0 spiro atoms. The van der Waals surface area contributed by atoms with Crippen molar-refractivity contribution in [2.75, 3.05) is 12.4 Å². The SMILES string of the molecule is C#Cc1ccc(C(C(=O)Nc2ccc(OC)cc2)N(C(=O)C(CC(N)=O)NC(=O)OC(C)(C)C)C2CC2)cc1. The molecule has 39 heavy (non-hydrogen) atoms. The average Bonchev–Trinajstić information content (AvgIpc) is 3.71. The molecule has 10 heteroatoms. The van der Waals surface area contributed by atoms with Crippen LogP contribution in [0.2, 0.25) is 0 Å². The van der Waals surface area contributed by atoms with Crippen LogP contribution in [-0.2, 0) is 19.1 Å². The summed E-state index contributed by atoms with van der Waals surface area (Å²) in [5.41, 5.74) is 6.20. The predicted octanol–water partition coefficient (Wildman–Crippen LogP) is 3.12. The van der Waals surface area contributed by atoms with Gasteiger partial charge in [0.05, 0.1) is 13.5 Å². The molecule has 0 aromatic heterocycles. The Kier molecular flexibility index (Phi) is 9.20. The van der Waals surface area contributed by atoms with E-state index >= 15 is 0 Å². The fraction of sp³-hybridized carbons (Fsp3) is 0.379. The van der Waals surface area contributed by atoms with Crippen LogP contribution in [0, 0.1) is 12.3 Å². The number of carbonyl (C=O) groups is 4. The van der Waals surface area contributed by atoms with Gasteiger partial charge in [0, 0.05) is 17.3 Å². The predicted molar refractivity (Wildman–Crippen MR) is 146 cm³/mol. The average molecular weight is 535 g/mol. The summed E-state index contributed by atoms with van der Waals surface area (Å²) in [6.45, 7) is 5.02. The number of nitrogens with two attached hydrogens (primary N) is 1. The lowest BCUT2D eigenvalue weighted by atomic mass is 10.00. The van der Waals surface area contributed by atoms with Gasteiger partial charge in [-0.2, -0.15) is 0 Å². The highest BCUT2D eigenvalue weighted by Crippen LogP contribution is 2.36. The van der Waals surface area contributed by atoms with Gasteiger partial charge >= 0.3 is 6.09 Å². The van der Waals surface area contributed by atoms with Crippen molar-refractivity contribution in [3.63, 3.8) is 0 Å². The van der Waals surface area contributed by atoms with Crippen LogP contribution in [0.3, 0.4) is 0 Å². The van der Waals surface area contributed by atoms with Crippen molar-refractivity contribution < 1.29 is 28.7 Å². The van der Waals surface area contributed by atoms with E-state index in [0.717, 1.165) is 0 Å². The van der Waals surface area contributed by atoms with E-state index in [1.807, 2.05) is 0 Å². The van der Waals surface area contributed by atoms with E-state index in [1.54, 1.807) is 69.3 Å². The molecule has 0 heterocycles. The molecule has 2 aromatic rings. The van der Waals surface area contributed by atoms with Gasteiger partial charge in [0.15, 0.2) is 0 Å². The minimum atomic E-state index is -1.33. The molecule has 1 aliphatic carbocycles. The summed E-state index contributed by atoms with van der Waals surface area (Å²) in [4.78, 5) is 53.6. The molecule has 0 aliphatic heterocycles. The third-order valence-corrected chi connectivity index (χ3v) is 5.87. The van der Waals surface area contributed by atoms with Crippen molar-refractivity contribution in [1.82, 2.24) is 10.2 Å². The molecule has 206 valence electrons. The van der Waals surface area contributed by atoms with Gasteiger partial charge < -0.3 is 30.7 Å². The largest absolute Gasteiger partial charge is 0.497 e. The number of amides is 4. The number of primary amides is 1. The molecular formula is C29H34N4O6. The topological polar surface area (TPSA) is 140 Å². The zero-order chi connectivity index (χ0) is 28.7. The number of hydrogen-bond donors (Lipinski definition) is 3. The second-order valence-electron chi connectivity index (χ2n) is 10.2. The third kappa shape index (κ3) is 8.23. The van der Waals surface area contributed by atoms with Crippen LogP contribution in [0.5, 0.6) is 5.75 Å². The van der Waals surface area contributed by atoms with Gasteiger partial charge in [0.2, 0.25) is 11.8 Å². The molecular weight excluding hydrogens is 500 g/mol. The van der Waals surface area contributed by atoms with Crippen molar-refractivity contribution in [2.24, 2.45) is 5.73 Å². The second kappa shape index (κ2) is 12.3. The molecule has 4 N–H and O–H groups in total. The number of ether oxygens (including phenoxy) is 2. The van der Waals surface area contributed by atoms with Crippen molar-refractivity contribution in [2.45, 2.75) is 63.8 Å². The van der Waals surface area contributed by atoms with Crippen molar-refractivity contribution in [3.05, 3.63) is 59.7 Å².